The topological polar surface area (TPSA) is 26.0 Å². The molecule has 0 saturated carbocycles. The van der Waals surface area contributed by atoms with Crippen LogP contribution in [0.15, 0.2) is 46.9 Å². The van der Waals surface area contributed by atoms with Crippen LogP contribution in [0.4, 0.5) is 8.78 Å². The molecule has 4 heteroatoms. The summed E-state index contributed by atoms with van der Waals surface area (Å²) in [7, 11) is 0. The van der Waals surface area contributed by atoms with Gasteiger partial charge in [-0.25, -0.2) is 8.78 Å². The van der Waals surface area contributed by atoms with Crippen LogP contribution in [0, 0.1) is 11.6 Å². The van der Waals surface area contributed by atoms with E-state index in [0.29, 0.717) is 12.0 Å². The Hall–Kier alpha value is -1.26. The van der Waals surface area contributed by atoms with Gasteiger partial charge in [-0.2, -0.15) is 0 Å². The maximum atomic E-state index is 13.1. The van der Waals surface area contributed by atoms with Crippen LogP contribution in [0.25, 0.3) is 0 Å². The third-order valence-corrected chi connectivity index (χ3v) is 3.27. The molecule has 0 aliphatic rings. The number of halogens is 3. The quantitative estimate of drug-likeness (QED) is 0.912. The average Bonchev–Trinajstić information content (AvgIpc) is 2.35. The Bertz CT molecular complexity index is 540. The fourth-order valence-corrected chi connectivity index (χ4v) is 2.00. The van der Waals surface area contributed by atoms with E-state index in [9.17, 15) is 8.78 Å². The fraction of sp³-hybridized carbons (Fsp3) is 0.143. The van der Waals surface area contributed by atoms with Gasteiger partial charge in [-0.3, -0.25) is 0 Å². The van der Waals surface area contributed by atoms with Crippen LogP contribution in [0.2, 0.25) is 0 Å². The lowest BCUT2D eigenvalue weighted by molar-refractivity contribution is 0.505. The van der Waals surface area contributed by atoms with E-state index in [4.69, 9.17) is 5.73 Å². The van der Waals surface area contributed by atoms with Gasteiger partial charge < -0.3 is 5.73 Å². The Morgan fingerprint density at radius 2 is 1.67 bits per heavy atom. The van der Waals surface area contributed by atoms with Crippen LogP contribution < -0.4 is 5.73 Å². The molecule has 0 radical (unpaired) electrons. The van der Waals surface area contributed by atoms with Crippen molar-refractivity contribution < 1.29 is 8.78 Å². The minimum Gasteiger partial charge on any atom is -0.324 e. The highest BCUT2D eigenvalue weighted by Crippen LogP contribution is 2.19. The molecule has 0 spiro atoms. The maximum absolute atomic E-state index is 13.1. The van der Waals surface area contributed by atoms with Crippen molar-refractivity contribution in [2.24, 2.45) is 5.73 Å². The first kappa shape index (κ1) is 13.2. The van der Waals surface area contributed by atoms with Crippen molar-refractivity contribution in [1.82, 2.24) is 0 Å². The molecule has 0 aliphatic heterocycles. The maximum Gasteiger partial charge on any atom is 0.159 e. The number of rotatable bonds is 3. The molecule has 0 bridgehead atoms. The van der Waals surface area contributed by atoms with E-state index in [2.05, 4.69) is 15.9 Å². The Balaban J connectivity index is 2.13. The fourth-order valence-electron chi connectivity index (χ4n) is 1.74. The molecule has 0 aromatic heterocycles. The minimum absolute atomic E-state index is 0.346. The zero-order chi connectivity index (χ0) is 13.1. The highest BCUT2D eigenvalue weighted by atomic mass is 79.9. The predicted molar refractivity (Wildman–Crippen MR) is 71.1 cm³/mol. The summed E-state index contributed by atoms with van der Waals surface area (Å²) in [6, 6.07) is 11.2. The monoisotopic (exact) mass is 311 g/mol. The molecule has 2 rings (SSSR count). The summed E-state index contributed by atoms with van der Waals surface area (Å²) in [4.78, 5) is 0. The first-order valence-corrected chi connectivity index (χ1v) is 6.30. The summed E-state index contributed by atoms with van der Waals surface area (Å²) in [5.74, 6) is -1.71. The smallest absolute Gasteiger partial charge is 0.159 e. The third-order valence-electron chi connectivity index (χ3n) is 2.74. The second-order valence-corrected chi connectivity index (χ2v) is 5.03. The van der Waals surface area contributed by atoms with Gasteiger partial charge in [0.2, 0.25) is 0 Å². The number of nitrogens with two attached hydrogens (primary N) is 1. The zero-order valence-corrected chi connectivity index (χ0v) is 11.1. The normalized spacial score (nSPS) is 12.4. The highest BCUT2D eigenvalue weighted by molar-refractivity contribution is 9.10. The summed E-state index contributed by atoms with van der Waals surface area (Å²) >= 11 is 3.35. The van der Waals surface area contributed by atoms with E-state index < -0.39 is 11.6 Å². The summed E-state index contributed by atoms with van der Waals surface area (Å²) in [6.45, 7) is 0. The Morgan fingerprint density at radius 1 is 1.00 bits per heavy atom. The molecule has 1 nitrogen and oxygen atoms in total. The van der Waals surface area contributed by atoms with E-state index >= 15 is 0 Å². The average molecular weight is 312 g/mol. The molecular formula is C14H12BrF2N. The van der Waals surface area contributed by atoms with E-state index in [1.807, 2.05) is 24.3 Å². The Morgan fingerprint density at radius 3 is 2.28 bits per heavy atom. The van der Waals surface area contributed by atoms with Crippen molar-refractivity contribution in [2.45, 2.75) is 12.5 Å². The Kier molecular flexibility index (Phi) is 4.09. The molecule has 1 unspecified atom stereocenters. The van der Waals surface area contributed by atoms with Crippen LogP contribution in [0.3, 0.4) is 0 Å². The van der Waals surface area contributed by atoms with Crippen LogP contribution in [-0.2, 0) is 6.42 Å². The summed E-state index contributed by atoms with van der Waals surface area (Å²) in [6.07, 6.45) is 0.582. The molecule has 2 N–H and O–H groups in total. The summed E-state index contributed by atoms with van der Waals surface area (Å²) in [5, 5.41) is 0. The standard InChI is InChI=1S/C14H12BrF2N/c15-11-4-1-9(2-5-11)7-14(18)10-3-6-12(16)13(17)8-10/h1-6,8,14H,7,18H2. The van der Waals surface area contributed by atoms with Gasteiger partial charge in [-0.15, -0.1) is 0 Å². The molecule has 0 saturated heterocycles. The first-order valence-electron chi connectivity index (χ1n) is 5.51. The van der Waals surface area contributed by atoms with Crippen LogP contribution in [0.1, 0.15) is 17.2 Å². The Labute approximate surface area is 113 Å². The molecule has 0 fully saturated rings. The SMILES string of the molecule is NC(Cc1ccc(Br)cc1)c1ccc(F)c(F)c1. The molecule has 0 heterocycles. The van der Waals surface area contributed by atoms with Crippen LogP contribution >= 0.6 is 15.9 Å². The molecule has 0 aliphatic carbocycles. The van der Waals surface area contributed by atoms with Crippen molar-refractivity contribution >= 4 is 15.9 Å². The van der Waals surface area contributed by atoms with Crippen molar-refractivity contribution in [1.29, 1.82) is 0 Å². The number of hydrogen-bond acceptors (Lipinski definition) is 1. The molecule has 18 heavy (non-hydrogen) atoms. The third kappa shape index (κ3) is 3.15. The van der Waals surface area contributed by atoms with Gasteiger partial charge in [-0.1, -0.05) is 34.1 Å². The lowest BCUT2D eigenvalue weighted by Crippen LogP contribution is -2.13. The molecule has 2 aromatic rings. The van der Waals surface area contributed by atoms with Crippen LogP contribution in [0.5, 0.6) is 0 Å². The zero-order valence-electron chi connectivity index (χ0n) is 9.54. The molecule has 94 valence electrons. The number of benzene rings is 2. The van der Waals surface area contributed by atoms with Crippen molar-refractivity contribution in [3.8, 4) is 0 Å². The predicted octanol–water partition coefficient (Wildman–Crippen LogP) is 3.97. The van der Waals surface area contributed by atoms with Gasteiger partial charge in [0.05, 0.1) is 0 Å². The lowest BCUT2D eigenvalue weighted by atomic mass is 10.00. The minimum atomic E-state index is -0.862. The van der Waals surface area contributed by atoms with Gasteiger partial charge in [0.1, 0.15) is 0 Å². The van der Waals surface area contributed by atoms with E-state index in [-0.39, 0.29) is 6.04 Å². The lowest BCUT2D eigenvalue weighted by Gasteiger charge is -2.12. The molecule has 0 amide bonds. The van der Waals surface area contributed by atoms with E-state index in [1.54, 1.807) is 0 Å². The van der Waals surface area contributed by atoms with Gasteiger partial charge in [0.25, 0.3) is 0 Å². The first-order chi connectivity index (χ1) is 8.56. The molecule has 1 atom stereocenters. The van der Waals surface area contributed by atoms with Crippen molar-refractivity contribution in [3.05, 3.63) is 69.7 Å². The van der Waals surface area contributed by atoms with Crippen LogP contribution in [-0.4, -0.2) is 0 Å². The van der Waals surface area contributed by atoms with Crippen molar-refractivity contribution in [2.75, 3.05) is 0 Å². The van der Waals surface area contributed by atoms with Gasteiger partial charge in [-0.05, 0) is 41.8 Å². The second-order valence-electron chi connectivity index (χ2n) is 4.11. The van der Waals surface area contributed by atoms with E-state index in [1.165, 1.54) is 6.07 Å². The second kappa shape index (κ2) is 5.59. The van der Waals surface area contributed by atoms with Gasteiger partial charge in [0, 0.05) is 10.5 Å². The van der Waals surface area contributed by atoms with Gasteiger partial charge >= 0.3 is 0 Å². The van der Waals surface area contributed by atoms with Gasteiger partial charge in [0.15, 0.2) is 11.6 Å². The highest BCUT2D eigenvalue weighted by Gasteiger charge is 2.10. The number of hydrogen-bond donors (Lipinski definition) is 1. The summed E-state index contributed by atoms with van der Waals surface area (Å²) < 4.78 is 26.9. The largest absolute Gasteiger partial charge is 0.324 e. The molecule has 2 aromatic carbocycles. The summed E-state index contributed by atoms with van der Waals surface area (Å²) in [5.41, 5.74) is 7.63. The van der Waals surface area contributed by atoms with E-state index in [0.717, 1.165) is 22.2 Å². The van der Waals surface area contributed by atoms with Crippen molar-refractivity contribution in [3.63, 3.8) is 0 Å². The molecular weight excluding hydrogens is 300 g/mol.